The molecule has 1 aromatic carbocycles. The fourth-order valence-electron chi connectivity index (χ4n) is 1.11. The normalized spacial score (nSPS) is 10.1. The zero-order valence-corrected chi connectivity index (χ0v) is 8.53. The summed E-state index contributed by atoms with van der Waals surface area (Å²) in [5.74, 6) is -0.454. The standard InChI is InChI=1S/C10H8N2O2S/c11-9(13)7-3-1-2-4-8(7)15-10-12-5-6-14-10/h1-6H,(H2,11,13). The van der Waals surface area contributed by atoms with Gasteiger partial charge >= 0.3 is 0 Å². The summed E-state index contributed by atoms with van der Waals surface area (Å²) in [5, 5.41) is 0.490. The van der Waals surface area contributed by atoms with E-state index in [0.29, 0.717) is 10.8 Å². The molecule has 1 heterocycles. The van der Waals surface area contributed by atoms with Crippen LogP contribution in [0, 0.1) is 0 Å². The van der Waals surface area contributed by atoms with E-state index in [2.05, 4.69) is 4.98 Å². The van der Waals surface area contributed by atoms with E-state index in [1.807, 2.05) is 6.07 Å². The van der Waals surface area contributed by atoms with Gasteiger partial charge < -0.3 is 10.2 Å². The predicted octanol–water partition coefficient (Wildman–Crippen LogP) is 1.92. The van der Waals surface area contributed by atoms with Crippen LogP contribution in [0.5, 0.6) is 0 Å². The Balaban J connectivity index is 2.32. The minimum atomic E-state index is -0.454. The van der Waals surface area contributed by atoms with E-state index in [1.54, 1.807) is 24.4 Å². The molecule has 0 bridgehead atoms. The van der Waals surface area contributed by atoms with Crippen LogP contribution in [0.15, 0.2) is 51.3 Å². The molecule has 2 aromatic rings. The van der Waals surface area contributed by atoms with E-state index < -0.39 is 5.91 Å². The molecule has 0 atom stereocenters. The average Bonchev–Trinajstić information content (AvgIpc) is 2.71. The predicted molar refractivity (Wildman–Crippen MR) is 55.6 cm³/mol. The molecular formula is C10H8N2O2S. The summed E-state index contributed by atoms with van der Waals surface area (Å²) < 4.78 is 5.07. The number of carbonyl (C=O) groups is 1. The van der Waals surface area contributed by atoms with Crippen molar-refractivity contribution in [3.8, 4) is 0 Å². The Morgan fingerprint density at radius 3 is 2.87 bits per heavy atom. The van der Waals surface area contributed by atoms with Crippen LogP contribution in [0.2, 0.25) is 0 Å². The number of benzene rings is 1. The van der Waals surface area contributed by atoms with Crippen LogP contribution in [-0.2, 0) is 0 Å². The molecule has 2 rings (SSSR count). The lowest BCUT2D eigenvalue weighted by molar-refractivity contribution is 0.0997. The van der Waals surface area contributed by atoms with Crippen LogP contribution in [0.1, 0.15) is 10.4 Å². The Hall–Kier alpha value is -1.75. The Labute approximate surface area is 90.5 Å². The van der Waals surface area contributed by atoms with Gasteiger partial charge in [0.15, 0.2) is 0 Å². The van der Waals surface area contributed by atoms with Gasteiger partial charge in [-0.05, 0) is 23.9 Å². The molecule has 76 valence electrons. The second kappa shape index (κ2) is 4.18. The van der Waals surface area contributed by atoms with Crippen molar-refractivity contribution in [2.75, 3.05) is 0 Å². The minimum absolute atomic E-state index is 0.454. The highest BCUT2D eigenvalue weighted by molar-refractivity contribution is 7.99. The number of nitrogens with zero attached hydrogens (tertiary/aromatic N) is 1. The molecule has 0 fully saturated rings. The van der Waals surface area contributed by atoms with Crippen molar-refractivity contribution in [3.63, 3.8) is 0 Å². The van der Waals surface area contributed by atoms with Gasteiger partial charge in [-0.15, -0.1) is 0 Å². The van der Waals surface area contributed by atoms with Crippen molar-refractivity contribution in [1.82, 2.24) is 4.98 Å². The van der Waals surface area contributed by atoms with Gasteiger partial charge in [0.1, 0.15) is 6.26 Å². The van der Waals surface area contributed by atoms with Gasteiger partial charge in [0.25, 0.3) is 5.22 Å². The maximum absolute atomic E-state index is 11.1. The largest absolute Gasteiger partial charge is 0.440 e. The Bertz CT molecular complexity index is 468. The van der Waals surface area contributed by atoms with Crippen LogP contribution in [0.4, 0.5) is 0 Å². The van der Waals surface area contributed by atoms with Crippen molar-refractivity contribution >= 4 is 17.7 Å². The second-order valence-corrected chi connectivity index (χ2v) is 3.75. The first-order chi connectivity index (χ1) is 7.27. The molecule has 0 saturated carbocycles. The first kappa shape index (κ1) is 9.79. The average molecular weight is 220 g/mol. The Kier molecular flexibility index (Phi) is 2.73. The number of rotatable bonds is 3. The van der Waals surface area contributed by atoms with Gasteiger partial charge in [0.2, 0.25) is 5.91 Å². The van der Waals surface area contributed by atoms with Gasteiger partial charge in [-0.1, -0.05) is 12.1 Å². The third-order valence-electron chi connectivity index (χ3n) is 1.76. The van der Waals surface area contributed by atoms with Crippen molar-refractivity contribution in [1.29, 1.82) is 0 Å². The van der Waals surface area contributed by atoms with Gasteiger partial charge in [-0.2, -0.15) is 0 Å². The maximum Gasteiger partial charge on any atom is 0.260 e. The van der Waals surface area contributed by atoms with Crippen LogP contribution in [0.3, 0.4) is 0 Å². The summed E-state index contributed by atoms with van der Waals surface area (Å²) in [7, 11) is 0. The summed E-state index contributed by atoms with van der Waals surface area (Å²) in [6, 6.07) is 7.07. The lowest BCUT2D eigenvalue weighted by Gasteiger charge is -2.02. The molecule has 1 aromatic heterocycles. The summed E-state index contributed by atoms with van der Waals surface area (Å²) in [6.45, 7) is 0. The molecule has 0 aliphatic heterocycles. The SMILES string of the molecule is NC(=O)c1ccccc1Sc1ncco1. The van der Waals surface area contributed by atoms with E-state index in [-0.39, 0.29) is 0 Å². The first-order valence-electron chi connectivity index (χ1n) is 4.23. The molecule has 0 spiro atoms. The van der Waals surface area contributed by atoms with Crippen LogP contribution in [0.25, 0.3) is 0 Å². The fourth-order valence-corrected chi connectivity index (χ4v) is 1.94. The number of hydrogen-bond donors (Lipinski definition) is 1. The van der Waals surface area contributed by atoms with Crippen LogP contribution in [-0.4, -0.2) is 10.9 Å². The van der Waals surface area contributed by atoms with Crippen molar-refractivity contribution in [2.24, 2.45) is 5.73 Å². The van der Waals surface area contributed by atoms with Crippen molar-refractivity contribution in [2.45, 2.75) is 10.1 Å². The third kappa shape index (κ3) is 2.19. The number of amides is 1. The smallest absolute Gasteiger partial charge is 0.260 e. The van der Waals surface area contributed by atoms with Gasteiger partial charge in [-0.3, -0.25) is 4.79 Å². The van der Waals surface area contributed by atoms with Crippen molar-refractivity contribution in [3.05, 3.63) is 42.3 Å². The van der Waals surface area contributed by atoms with Crippen LogP contribution >= 0.6 is 11.8 Å². The van der Waals surface area contributed by atoms with Gasteiger partial charge in [-0.25, -0.2) is 4.98 Å². The second-order valence-electron chi connectivity index (χ2n) is 2.76. The molecule has 1 amide bonds. The molecule has 0 saturated heterocycles. The number of oxazole rings is 1. The summed E-state index contributed by atoms with van der Waals surface area (Å²) >= 11 is 1.27. The molecular weight excluding hydrogens is 212 g/mol. The molecule has 0 aliphatic carbocycles. The number of aromatic nitrogens is 1. The molecule has 4 nitrogen and oxygen atoms in total. The summed E-state index contributed by atoms with van der Waals surface area (Å²) in [5.41, 5.74) is 5.71. The zero-order valence-electron chi connectivity index (χ0n) is 7.71. The monoisotopic (exact) mass is 220 g/mol. The van der Waals surface area contributed by atoms with E-state index in [0.717, 1.165) is 4.90 Å². The lowest BCUT2D eigenvalue weighted by atomic mass is 10.2. The highest BCUT2D eigenvalue weighted by Gasteiger charge is 2.10. The third-order valence-corrected chi connectivity index (χ3v) is 2.71. The molecule has 2 N–H and O–H groups in total. The fraction of sp³-hybridized carbons (Fsp3) is 0. The topological polar surface area (TPSA) is 69.1 Å². The molecule has 5 heteroatoms. The van der Waals surface area contributed by atoms with E-state index in [1.165, 1.54) is 18.0 Å². The first-order valence-corrected chi connectivity index (χ1v) is 5.05. The molecule has 0 unspecified atom stereocenters. The van der Waals surface area contributed by atoms with Gasteiger partial charge in [0.05, 0.1) is 11.8 Å². The molecule has 0 radical (unpaired) electrons. The minimum Gasteiger partial charge on any atom is -0.440 e. The number of nitrogens with two attached hydrogens (primary N) is 1. The lowest BCUT2D eigenvalue weighted by Crippen LogP contribution is -2.11. The van der Waals surface area contributed by atoms with Crippen LogP contribution < -0.4 is 5.73 Å². The highest BCUT2D eigenvalue weighted by Crippen LogP contribution is 2.28. The Morgan fingerprint density at radius 2 is 2.20 bits per heavy atom. The summed E-state index contributed by atoms with van der Waals surface area (Å²) in [4.78, 5) is 15.8. The highest BCUT2D eigenvalue weighted by atomic mass is 32.2. The molecule has 0 aliphatic rings. The summed E-state index contributed by atoms with van der Waals surface area (Å²) in [6.07, 6.45) is 3.03. The number of carbonyl (C=O) groups excluding carboxylic acids is 1. The van der Waals surface area contributed by atoms with E-state index in [4.69, 9.17) is 10.2 Å². The quantitative estimate of drug-likeness (QED) is 0.858. The maximum atomic E-state index is 11.1. The molecule has 15 heavy (non-hydrogen) atoms. The number of hydrogen-bond acceptors (Lipinski definition) is 4. The van der Waals surface area contributed by atoms with Gasteiger partial charge in [0, 0.05) is 4.90 Å². The van der Waals surface area contributed by atoms with E-state index in [9.17, 15) is 4.79 Å². The van der Waals surface area contributed by atoms with E-state index >= 15 is 0 Å². The Morgan fingerprint density at radius 1 is 1.40 bits per heavy atom. The number of primary amides is 1. The van der Waals surface area contributed by atoms with Crippen molar-refractivity contribution < 1.29 is 9.21 Å². The zero-order chi connectivity index (χ0) is 10.7.